The van der Waals surface area contributed by atoms with Gasteiger partial charge in [-0.2, -0.15) is 0 Å². The summed E-state index contributed by atoms with van der Waals surface area (Å²) in [7, 11) is -2.85. The van der Waals surface area contributed by atoms with Gasteiger partial charge in [-0.3, -0.25) is 9.52 Å². The topological polar surface area (TPSA) is 129 Å². The largest absolute Gasteiger partial charge is 0.480 e. The molecule has 9 nitrogen and oxygen atoms in total. The summed E-state index contributed by atoms with van der Waals surface area (Å²) < 4.78 is 48.4. The summed E-state index contributed by atoms with van der Waals surface area (Å²) in [6.45, 7) is 0. The van der Waals surface area contributed by atoms with Crippen molar-refractivity contribution in [2.75, 3.05) is 17.6 Å². The van der Waals surface area contributed by atoms with Gasteiger partial charge in [0.05, 0.1) is 23.7 Å². The van der Waals surface area contributed by atoms with E-state index in [1.54, 1.807) is 42.5 Å². The summed E-state index contributed by atoms with van der Waals surface area (Å²) in [5.74, 6) is -0.578. The molecule has 0 amide bonds. The van der Waals surface area contributed by atoms with Crippen LogP contribution in [0.25, 0.3) is 27.7 Å². The first kappa shape index (κ1) is 23.9. The highest BCUT2D eigenvalue weighted by Crippen LogP contribution is 2.30. The van der Waals surface area contributed by atoms with Gasteiger partial charge in [-0.05, 0) is 60.2 Å². The Kier molecular flexibility index (Phi) is 6.06. The van der Waals surface area contributed by atoms with E-state index in [0.29, 0.717) is 27.7 Å². The molecule has 2 aromatic heterocycles. The Morgan fingerprint density at radius 1 is 0.973 bits per heavy atom. The second-order valence-corrected chi connectivity index (χ2v) is 9.67. The number of hydrogen-bond donors (Lipinski definition) is 2. The van der Waals surface area contributed by atoms with Crippen LogP contribution in [0.3, 0.4) is 0 Å². The quantitative estimate of drug-likeness (QED) is 0.349. The lowest BCUT2D eigenvalue weighted by Crippen LogP contribution is -2.23. The molecular formula is C26H20FN5O4S. The SMILES string of the molecule is COc1ncc(-c2ccc3nc(N)n(-c4ccccc4)c(=O)c3c2)cc1S(=O)(=O)Nc1ccc(F)cc1. The molecule has 0 aliphatic carbocycles. The smallest absolute Gasteiger partial charge is 0.267 e. The lowest BCUT2D eigenvalue weighted by atomic mass is 10.1. The molecule has 0 radical (unpaired) electrons. The van der Waals surface area contributed by atoms with E-state index in [4.69, 9.17) is 10.5 Å². The molecule has 11 heteroatoms. The van der Waals surface area contributed by atoms with Crippen LogP contribution in [0.4, 0.5) is 16.0 Å². The fourth-order valence-electron chi connectivity index (χ4n) is 3.87. The van der Waals surface area contributed by atoms with Gasteiger partial charge in [-0.15, -0.1) is 0 Å². The highest BCUT2D eigenvalue weighted by molar-refractivity contribution is 7.92. The number of fused-ring (bicyclic) bond motifs is 1. The maximum absolute atomic E-state index is 13.4. The molecule has 0 unspecified atom stereocenters. The van der Waals surface area contributed by atoms with Gasteiger partial charge in [0.15, 0.2) is 0 Å². The summed E-state index contributed by atoms with van der Waals surface area (Å²) in [5, 5.41) is 0.292. The van der Waals surface area contributed by atoms with E-state index in [9.17, 15) is 17.6 Å². The van der Waals surface area contributed by atoms with Gasteiger partial charge >= 0.3 is 0 Å². The molecule has 0 bridgehead atoms. The highest BCUT2D eigenvalue weighted by atomic mass is 32.2. The Labute approximate surface area is 211 Å². The number of nitrogen functional groups attached to an aromatic ring is 1. The molecule has 2 heterocycles. The number of rotatable bonds is 6. The van der Waals surface area contributed by atoms with Crippen LogP contribution in [0, 0.1) is 5.82 Å². The van der Waals surface area contributed by atoms with Crippen LogP contribution in [0.5, 0.6) is 5.88 Å². The third kappa shape index (κ3) is 4.59. The zero-order valence-electron chi connectivity index (χ0n) is 19.4. The van der Waals surface area contributed by atoms with Crippen molar-refractivity contribution in [2.24, 2.45) is 0 Å². The van der Waals surface area contributed by atoms with Crippen LogP contribution in [0.15, 0.2) is 94.7 Å². The van der Waals surface area contributed by atoms with Crippen molar-refractivity contribution in [3.63, 3.8) is 0 Å². The second kappa shape index (κ2) is 9.36. The molecule has 0 saturated heterocycles. The monoisotopic (exact) mass is 517 g/mol. The van der Waals surface area contributed by atoms with Gasteiger partial charge in [0.1, 0.15) is 10.7 Å². The third-order valence-corrected chi connectivity index (χ3v) is 7.02. The summed E-state index contributed by atoms with van der Waals surface area (Å²) in [6, 6.07) is 20.1. The molecule has 0 aliphatic heterocycles. The number of pyridine rings is 1. The number of nitrogens with one attached hydrogen (secondary N) is 1. The van der Waals surface area contributed by atoms with E-state index >= 15 is 0 Å². The number of aromatic nitrogens is 3. The number of methoxy groups -OCH3 is 1. The minimum absolute atomic E-state index is 0.0443. The van der Waals surface area contributed by atoms with Gasteiger partial charge in [0.25, 0.3) is 15.6 Å². The van der Waals surface area contributed by atoms with E-state index in [-0.39, 0.29) is 28.0 Å². The van der Waals surface area contributed by atoms with Crippen LogP contribution in [-0.2, 0) is 10.0 Å². The molecule has 3 N–H and O–H groups in total. The number of benzene rings is 3. The Hall–Kier alpha value is -4.77. The number of nitrogens with zero attached hydrogens (tertiary/aromatic N) is 3. The van der Waals surface area contributed by atoms with Crippen molar-refractivity contribution in [1.29, 1.82) is 0 Å². The molecule has 5 rings (SSSR count). The standard InChI is InChI=1S/C26H20FN5O4S/c1-36-24-23(37(34,35)31-19-10-8-18(27)9-11-19)14-17(15-29-24)16-7-12-22-21(13-16)25(33)32(26(28)30-22)20-5-3-2-4-6-20/h2-15,31H,1H3,(H2,28,30). The van der Waals surface area contributed by atoms with Gasteiger partial charge in [-0.1, -0.05) is 24.3 Å². The molecule has 0 fully saturated rings. The van der Waals surface area contributed by atoms with Gasteiger partial charge < -0.3 is 10.5 Å². The molecular weight excluding hydrogens is 497 g/mol. The lowest BCUT2D eigenvalue weighted by molar-refractivity contribution is 0.385. The van der Waals surface area contributed by atoms with Crippen molar-refractivity contribution >= 4 is 32.6 Å². The Bertz CT molecular complexity index is 1790. The van der Waals surface area contributed by atoms with E-state index in [1.807, 2.05) is 6.07 Å². The zero-order valence-corrected chi connectivity index (χ0v) is 20.2. The Morgan fingerprint density at radius 3 is 2.41 bits per heavy atom. The fraction of sp³-hybridized carbons (Fsp3) is 0.0385. The van der Waals surface area contributed by atoms with Crippen LogP contribution in [0.2, 0.25) is 0 Å². The fourth-order valence-corrected chi connectivity index (χ4v) is 5.08. The number of nitrogens with two attached hydrogens (primary N) is 1. The maximum atomic E-state index is 13.4. The van der Waals surface area contributed by atoms with E-state index < -0.39 is 15.8 Å². The minimum Gasteiger partial charge on any atom is -0.480 e. The molecule has 5 aromatic rings. The molecule has 0 saturated carbocycles. The van der Waals surface area contributed by atoms with Crippen molar-refractivity contribution in [2.45, 2.75) is 4.90 Å². The summed E-state index contributed by atoms with van der Waals surface area (Å²) in [4.78, 5) is 21.6. The lowest BCUT2D eigenvalue weighted by Gasteiger charge is -2.13. The third-order valence-electron chi connectivity index (χ3n) is 5.64. The average Bonchev–Trinajstić information content (AvgIpc) is 2.90. The molecule has 0 spiro atoms. The van der Waals surface area contributed by atoms with Gasteiger partial charge in [0, 0.05) is 17.4 Å². The predicted octanol–water partition coefficient (Wildman–Crippen LogP) is 3.98. The van der Waals surface area contributed by atoms with Crippen LogP contribution in [0.1, 0.15) is 0 Å². The first-order valence-corrected chi connectivity index (χ1v) is 12.5. The van der Waals surface area contributed by atoms with Crippen LogP contribution < -0.4 is 20.8 Å². The maximum Gasteiger partial charge on any atom is 0.267 e. The molecule has 37 heavy (non-hydrogen) atoms. The summed E-state index contributed by atoms with van der Waals surface area (Å²) in [5.41, 5.74) is 7.78. The average molecular weight is 518 g/mol. The molecule has 186 valence electrons. The molecule has 0 atom stereocenters. The molecule has 0 aliphatic rings. The highest BCUT2D eigenvalue weighted by Gasteiger charge is 2.22. The number of anilines is 2. The zero-order chi connectivity index (χ0) is 26.2. The predicted molar refractivity (Wildman–Crippen MR) is 139 cm³/mol. The molecule has 3 aromatic carbocycles. The normalized spacial score (nSPS) is 11.4. The second-order valence-electron chi connectivity index (χ2n) is 8.02. The number of para-hydroxylation sites is 1. The van der Waals surface area contributed by atoms with Crippen molar-refractivity contribution in [3.05, 3.63) is 101 Å². The van der Waals surface area contributed by atoms with E-state index in [0.717, 1.165) is 12.1 Å². The van der Waals surface area contributed by atoms with Gasteiger partial charge in [0.2, 0.25) is 11.8 Å². The van der Waals surface area contributed by atoms with E-state index in [1.165, 1.54) is 36.1 Å². The van der Waals surface area contributed by atoms with Crippen molar-refractivity contribution in [1.82, 2.24) is 14.5 Å². The van der Waals surface area contributed by atoms with E-state index in [2.05, 4.69) is 14.7 Å². The first-order chi connectivity index (χ1) is 17.8. The van der Waals surface area contributed by atoms with Crippen molar-refractivity contribution < 1.29 is 17.5 Å². The summed E-state index contributed by atoms with van der Waals surface area (Å²) >= 11 is 0. The minimum atomic E-state index is -4.15. The number of halogens is 1. The summed E-state index contributed by atoms with van der Waals surface area (Å²) in [6.07, 6.45) is 1.44. The number of hydrogen-bond acceptors (Lipinski definition) is 7. The first-order valence-electron chi connectivity index (χ1n) is 11.0. The Balaban J connectivity index is 1.61. The number of sulfonamides is 1. The van der Waals surface area contributed by atoms with Crippen LogP contribution >= 0.6 is 0 Å². The van der Waals surface area contributed by atoms with Crippen molar-refractivity contribution in [3.8, 4) is 22.7 Å². The van der Waals surface area contributed by atoms with Gasteiger partial charge in [-0.25, -0.2) is 27.3 Å². The van der Waals surface area contributed by atoms with Crippen LogP contribution in [-0.4, -0.2) is 30.1 Å². The Morgan fingerprint density at radius 2 is 1.70 bits per heavy atom. The number of ether oxygens (including phenoxy) is 1.